The topological polar surface area (TPSA) is 96.1 Å². The van der Waals surface area contributed by atoms with Crippen LogP contribution in [0.1, 0.15) is 31.1 Å². The van der Waals surface area contributed by atoms with Gasteiger partial charge in [-0.3, -0.25) is 4.79 Å². The summed E-state index contributed by atoms with van der Waals surface area (Å²) < 4.78 is 19.3. The van der Waals surface area contributed by atoms with Gasteiger partial charge in [-0.05, 0) is 39.0 Å². The molecule has 1 aliphatic rings. The maximum absolute atomic E-state index is 14.0. The lowest BCUT2D eigenvalue weighted by Gasteiger charge is -2.41. The van der Waals surface area contributed by atoms with Crippen molar-refractivity contribution in [3.05, 3.63) is 29.6 Å². The third-order valence-electron chi connectivity index (χ3n) is 3.83. The molecule has 1 heterocycles. The summed E-state index contributed by atoms with van der Waals surface area (Å²) in [5.41, 5.74) is 4.98. The van der Waals surface area contributed by atoms with Gasteiger partial charge in [0, 0.05) is 25.3 Å². The molecular weight excluding hydrogens is 329 g/mol. The van der Waals surface area contributed by atoms with Crippen molar-refractivity contribution in [2.45, 2.75) is 32.4 Å². The van der Waals surface area contributed by atoms with Crippen LogP contribution in [0.2, 0.25) is 0 Å². The number of hydrogen-bond acceptors (Lipinski definition) is 5. The second-order valence-corrected chi connectivity index (χ2v) is 7.00. The minimum absolute atomic E-state index is 0.113. The van der Waals surface area contributed by atoms with Crippen LogP contribution in [0.3, 0.4) is 0 Å². The maximum atomic E-state index is 14.0. The Balaban J connectivity index is 2.11. The minimum atomic E-state index is -0.712. The molecule has 0 saturated carbocycles. The number of nitrogen functional groups attached to an aromatic ring is 1. The molecule has 0 bridgehead atoms. The fourth-order valence-electron chi connectivity index (χ4n) is 2.63. The van der Waals surface area contributed by atoms with E-state index in [9.17, 15) is 19.1 Å². The summed E-state index contributed by atoms with van der Waals surface area (Å²) in [5.74, 6) is -1.25. The summed E-state index contributed by atoms with van der Waals surface area (Å²) >= 11 is 0. The van der Waals surface area contributed by atoms with Crippen LogP contribution >= 0.6 is 0 Å². The van der Waals surface area contributed by atoms with E-state index >= 15 is 0 Å². The summed E-state index contributed by atoms with van der Waals surface area (Å²) in [5, 5.41) is 9.62. The second-order valence-electron chi connectivity index (χ2n) is 7.00. The Morgan fingerprint density at radius 3 is 2.60 bits per heavy atom. The molecule has 1 aromatic carbocycles. The van der Waals surface area contributed by atoms with E-state index in [1.165, 1.54) is 21.9 Å². The molecule has 8 heteroatoms. The van der Waals surface area contributed by atoms with Gasteiger partial charge in [-0.1, -0.05) is 0 Å². The number of ether oxygens (including phenoxy) is 1. The number of carbonyl (C=O) groups is 2. The number of amides is 2. The molecule has 25 heavy (non-hydrogen) atoms. The van der Waals surface area contributed by atoms with E-state index in [1.54, 1.807) is 20.8 Å². The van der Waals surface area contributed by atoms with Crippen LogP contribution in [-0.2, 0) is 4.74 Å². The summed E-state index contributed by atoms with van der Waals surface area (Å²) in [6.07, 6.45) is -0.503. The van der Waals surface area contributed by atoms with Crippen molar-refractivity contribution in [3.63, 3.8) is 0 Å². The predicted molar refractivity (Wildman–Crippen MR) is 90.5 cm³/mol. The third-order valence-corrected chi connectivity index (χ3v) is 3.83. The highest BCUT2D eigenvalue weighted by Crippen LogP contribution is 2.19. The van der Waals surface area contributed by atoms with Crippen molar-refractivity contribution in [2.75, 3.05) is 32.0 Å². The third kappa shape index (κ3) is 4.60. The Kier molecular flexibility index (Phi) is 5.52. The summed E-state index contributed by atoms with van der Waals surface area (Å²) in [6, 6.07) is 3.21. The number of benzene rings is 1. The van der Waals surface area contributed by atoms with Gasteiger partial charge in [0.15, 0.2) is 0 Å². The van der Waals surface area contributed by atoms with Crippen LogP contribution in [0, 0.1) is 5.82 Å². The quantitative estimate of drug-likeness (QED) is 0.785. The molecule has 2 rings (SSSR count). The van der Waals surface area contributed by atoms with E-state index in [2.05, 4.69) is 0 Å². The lowest BCUT2D eigenvalue weighted by Crippen LogP contribution is -2.58. The number of hydrogen-bond donors (Lipinski definition) is 2. The van der Waals surface area contributed by atoms with Gasteiger partial charge in [-0.15, -0.1) is 0 Å². The molecular formula is C17H24FN3O4. The molecule has 138 valence electrons. The second kappa shape index (κ2) is 7.26. The Labute approximate surface area is 146 Å². The first kappa shape index (κ1) is 19.0. The van der Waals surface area contributed by atoms with Crippen LogP contribution in [0.25, 0.3) is 0 Å². The fourth-order valence-corrected chi connectivity index (χ4v) is 2.63. The molecule has 1 aliphatic heterocycles. The Morgan fingerprint density at radius 2 is 2.04 bits per heavy atom. The lowest BCUT2D eigenvalue weighted by molar-refractivity contribution is -0.00255. The van der Waals surface area contributed by atoms with Gasteiger partial charge in [-0.2, -0.15) is 0 Å². The van der Waals surface area contributed by atoms with Crippen LogP contribution in [-0.4, -0.2) is 64.8 Å². The largest absolute Gasteiger partial charge is 0.444 e. The number of piperazine rings is 1. The van der Waals surface area contributed by atoms with Crippen LogP contribution in [0.4, 0.5) is 14.9 Å². The Bertz CT molecular complexity index is 660. The van der Waals surface area contributed by atoms with E-state index < -0.39 is 29.5 Å². The summed E-state index contributed by atoms with van der Waals surface area (Å²) in [7, 11) is 0. The van der Waals surface area contributed by atoms with E-state index in [0.29, 0.717) is 0 Å². The van der Waals surface area contributed by atoms with Crippen molar-refractivity contribution in [2.24, 2.45) is 0 Å². The monoisotopic (exact) mass is 353 g/mol. The van der Waals surface area contributed by atoms with Crippen LogP contribution < -0.4 is 5.73 Å². The number of aliphatic hydroxyl groups is 1. The molecule has 0 aromatic heterocycles. The van der Waals surface area contributed by atoms with Crippen molar-refractivity contribution < 1.29 is 23.8 Å². The summed E-state index contributed by atoms with van der Waals surface area (Å²) in [4.78, 5) is 27.6. The summed E-state index contributed by atoms with van der Waals surface area (Å²) in [6.45, 7) is 5.48. The number of nitrogens with zero attached hydrogens (tertiary/aromatic N) is 2. The first-order valence-electron chi connectivity index (χ1n) is 8.07. The molecule has 0 aliphatic carbocycles. The highest BCUT2D eigenvalue weighted by Gasteiger charge is 2.35. The smallest absolute Gasteiger partial charge is 0.410 e. The first-order valence-corrected chi connectivity index (χ1v) is 8.07. The van der Waals surface area contributed by atoms with Gasteiger partial charge < -0.3 is 25.4 Å². The van der Waals surface area contributed by atoms with Crippen LogP contribution in [0.15, 0.2) is 18.2 Å². The molecule has 0 spiro atoms. The van der Waals surface area contributed by atoms with E-state index in [0.717, 1.165) is 6.07 Å². The van der Waals surface area contributed by atoms with Gasteiger partial charge in [0.25, 0.3) is 5.91 Å². The number of rotatable bonds is 2. The standard InChI is InChI=1S/C17H24FN3O4/c1-17(2,3)25-16(24)20-6-7-21(12(9-20)10-22)15(23)13-5-4-11(19)8-14(13)18/h4-5,8,12,22H,6-7,9-10,19H2,1-3H3. The zero-order valence-corrected chi connectivity index (χ0v) is 14.7. The SMILES string of the molecule is CC(C)(C)OC(=O)N1CCN(C(=O)c2ccc(N)cc2F)C(CO)C1. The molecule has 0 radical (unpaired) electrons. The lowest BCUT2D eigenvalue weighted by atomic mass is 10.1. The van der Waals surface area contributed by atoms with E-state index in [1.807, 2.05) is 0 Å². The highest BCUT2D eigenvalue weighted by molar-refractivity contribution is 5.95. The van der Waals surface area contributed by atoms with Gasteiger partial charge in [-0.25, -0.2) is 9.18 Å². The molecule has 3 N–H and O–H groups in total. The molecule has 7 nitrogen and oxygen atoms in total. The van der Waals surface area contributed by atoms with Gasteiger partial charge in [0.1, 0.15) is 11.4 Å². The van der Waals surface area contributed by atoms with Crippen molar-refractivity contribution in [1.29, 1.82) is 0 Å². The molecule has 1 atom stereocenters. The first-order chi connectivity index (χ1) is 11.6. The Morgan fingerprint density at radius 1 is 1.36 bits per heavy atom. The van der Waals surface area contributed by atoms with Crippen LogP contribution in [0.5, 0.6) is 0 Å². The number of nitrogens with two attached hydrogens (primary N) is 1. The molecule has 1 saturated heterocycles. The number of carbonyl (C=O) groups excluding carboxylic acids is 2. The zero-order valence-electron chi connectivity index (χ0n) is 14.7. The number of anilines is 1. The average Bonchev–Trinajstić information content (AvgIpc) is 2.52. The number of aliphatic hydroxyl groups excluding tert-OH is 1. The minimum Gasteiger partial charge on any atom is -0.444 e. The van der Waals surface area contributed by atoms with Gasteiger partial charge in [0.2, 0.25) is 0 Å². The average molecular weight is 353 g/mol. The normalized spacial score (nSPS) is 18.2. The molecule has 1 aromatic rings. The fraction of sp³-hybridized carbons (Fsp3) is 0.529. The molecule has 1 unspecified atom stereocenters. The van der Waals surface area contributed by atoms with Gasteiger partial charge >= 0.3 is 6.09 Å². The van der Waals surface area contributed by atoms with Crippen molar-refractivity contribution in [1.82, 2.24) is 9.80 Å². The van der Waals surface area contributed by atoms with Crippen molar-refractivity contribution >= 4 is 17.7 Å². The number of halogens is 1. The van der Waals surface area contributed by atoms with Gasteiger partial charge in [0.05, 0.1) is 18.2 Å². The predicted octanol–water partition coefficient (Wildman–Crippen LogP) is 1.46. The van der Waals surface area contributed by atoms with E-state index in [4.69, 9.17) is 10.5 Å². The highest BCUT2D eigenvalue weighted by atomic mass is 19.1. The van der Waals surface area contributed by atoms with E-state index in [-0.39, 0.29) is 37.5 Å². The van der Waals surface area contributed by atoms with Crippen molar-refractivity contribution in [3.8, 4) is 0 Å². The maximum Gasteiger partial charge on any atom is 0.410 e. The Hall–Kier alpha value is -2.35. The molecule has 2 amide bonds. The molecule has 1 fully saturated rings. The zero-order chi connectivity index (χ0) is 18.8.